The molecule has 9 heteroatoms. The van der Waals surface area contributed by atoms with E-state index < -0.39 is 24.0 Å². The molecule has 1 saturated carbocycles. The molecule has 3 N–H and O–H groups in total. The Morgan fingerprint density at radius 1 is 0.976 bits per heavy atom. The number of nitrogens with one attached hydrogen (secondary N) is 3. The first kappa shape index (κ1) is 30.5. The molecule has 3 amide bonds. The molecule has 2 aliphatic rings. The Bertz CT molecular complexity index is 1170. The number of halogens is 1. The van der Waals surface area contributed by atoms with Gasteiger partial charge in [-0.15, -0.1) is 0 Å². The van der Waals surface area contributed by atoms with Gasteiger partial charge in [0, 0.05) is 6.04 Å². The van der Waals surface area contributed by atoms with Crippen LogP contribution in [0.5, 0.6) is 5.75 Å². The number of amides is 3. The first-order valence-corrected chi connectivity index (χ1v) is 14.8. The molecule has 1 fully saturated rings. The van der Waals surface area contributed by atoms with Gasteiger partial charge in [-0.05, 0) is 101 Å². The van der Waals surface area contributed by atoms with Gasteiger partial charge in [0.05, 0.1) is 12.6 Å². The lowest BCUT2D eigenvalue weighted by Gasteiger charge is -2.28. The second-order valence-corrected chi connectivity index (χ2v) is 11.5. The monoisotopic (exact) mass is 566 g/mol. The van der Waals surface area contributed by atoms with E-state index >= 15 is 0 Å². The van der Waals surface area contributed by atoms with E-state index in [0.29, 0.717) is 38.7 Å². The van der Waals surface area contributed by atoms with Gasteiger partial charge in [0.1, 0.15) is 23.7 Å². The third-order valence-corrected chi connectivity index (χ3v) is 8.01. The van der Waals surface area contributed by atoms with Gasteiger partial charge in [0.2, 0.25) is 17.7 Å². The van der Waals surface area contributed by atoms with Crippen molar-refractivity contribution >= 4 is 17.7 Å². The lowest BCUT2D eigenvalue weighted by Crippen LogP contribution is -2.57. The van der Waals surface area contributed by atoms with E-state index in [0.717, 1.165) is 49.0 Å². The number of rotatable bonds is 6. The molecule has 0 unspecified atom stereocenters. The predicted octanol–water partition coefficient (Wildman–Crippen LogP) is 3.52. The van der Waals surface area contributed by atoms with Crippen molar-refractivity contribution < 1.29 is 23.5 Å². The number of carbonyl (C=O) groups excluding carboxylic acids is 3. The molecule has 0 saturated heterocycles. The Kier molecular flexibility index (Phi) is 11.1. The van der Waals surface area contributed by atoms with E-state index in [1.54, 1.807) is 12.1 Å². The minimum absolute atomic E-state index is 0.130. The Hall–Kier alpha value is -3.46. The Morgan fingerprint density at radius 2 is 1.71 bits per heavy atom. The maximum absolute atomic E-state index is 13.7. The fraction of sp³-hybridized carbons (Fsp3) is 0.531. The molecular weight excluding hydrogens is 523 g/mol. The van der Waals surface area contributed by atoms with Crippen molar-refractivity contribution in [2.75, 3.05) is 20.7 Å². The molecule has 4 rings (SSSR count). The number of ether oxygens (including phenoxy) is 1. The average molecular weight is 567 g/mol. The molecule has 0 radical (unpaired) electrons. The Morgan fingerprint density at radius 3 is 2.44 bits per heavy atom. The number of benzene rings is 2. The fourth-order valence-electron chi connectivity index (χ4n) is 5.55. The SMILES string of the molecule is CN(C)[C@H]1Cc2cccc(c2)OCCCC[C@@H](C(=O)NC2CCCC2)NC(=O)[C@H](CCc2ccc(F)cc2)NC1=O. The van der Waals surface area contributed by atoms with E-state index in [1.165, 1.54) is 12.1 Å². The first-order valence-electron chi connectivity index (χ1n) is 14.8. The smallest absolute Gasteiger partial charge is 0.243 e. The summed E-state index contributed by atoms with van der Waals surface area (Å²) in [5.74, 6) is -0.443. The van der Waals surface area contributed by atoms with Crippen molar-refractivity contribution in [1.82, 2.24) is 20.9 Å². The largest absolute Gasteiger partial charge is 0.494 e. The van der Waals surface area contributed by atoms with Crippen LogP contribution in [0, 0.1) is 5.82 Å². The van der Waals surface area contributed by atoms with Crippen LogP contribution < -0.4 is 20.7 Å². The highest BCUT2D eigenvalue weighted by atomic mass is 19.1. The van der Waals surface area contributed by atoms with E-state index in [4.69, 9.17) is 4.74 Å². The minimum atomic E-state index is -0.862. The van der Waals surface area contributed by atoms with E-state index in [-0.39, 0.29) is 23.7 Å². The van der Waals surface area contributed by atoms with Crippen LogP contribution in [0.2, 0.25) is 0 Å². The van der Waals surface area contributed by atoms with Gasteiger partial charge in [0.25, 0.3) is 0 Å². The van der Waals surface area contributed by atoms with Gasteiger partial charge in [0.15, 0.2) is 0 Å². The van der Waals surface area contributed by atoms with Crippen LogP contribution >= 0.6 is 0 Å². The first-order chi connectivity index (χ1) is 19.8. The van der Waals surface area contributed by atoms with E-state index in [9.17, 15) is 18.8 Å². The zero-order valence-corrected chi connectivity index (χ0v) is 24.2. The predicted molar refractivity (Wildman–Crippen MR) is 156 cm³/mol. The van der Waals surface area contributed by atoms with Crippen LogP contribution in [-0.4, -0.2) is 67.5 Å². The minimum Gasteiger partial charge on any atom is -0.494 e. The molecule has 1 aliphatic carbocycles. The van der Waals surface area contributed by atoms with Crippen LogP contribution in [0.3, 0.4) is 0 Å². The topological polar surface area (TPSA) is 99.8 Å². The zero-order chi connectivity index (χ0) is 29.2. The molecule has 222 valence electrons. The molecule has 8 nitrogen and oxygen atoms in total. The van der Waals surface area contributed by atoms with Gasteiger partial charge in [-0.2, -0.15) is 0 Å². The van der Waals surface area contributed by atoms with Gasteiger partial charge in [-0.25, -0.2) is 4.39 Å². The van der Waals surface area contributed by atoms with Gasteiger partial charge in [-0.3, -0.25) is 19.3 Å². The highest BCUT2D eigenvalue weighted by Gasteiger charge is 2.31. The Labute approximate surface area is 242 Å². The number of hydrogen-bond acceptors (Lipinski definition) is 5. The standard InChI is InChI=1S/C32H43FN4O4/c1-37(2)29-21-23-8-7-11-26(20-23)41-19-6-5-12-27(30(38)34-25-9-3-4-10-25)35-31(39)28(36-32(29)40)18-15-22-13-16-24(33)17-14-22/h7-8,11,13-14,16-17,20,25,27-29H,3-6,9-10,12,15,18-19,21H2,1-2H3,(H,34,38)(H,35,39)(H,36,40)/t27-,28-,29-/m0/s1. The maximum Gasteiger partial charge on any atom is 0.243 e. The summed E-state index contributed by atoms with van der Waals surface area (Å²) in [6, 6.07) is 11.9. The number of nitrogens with zero attached hydrogens (tertiary/aromatic N) is 1. The van der Waals surface area contributed by atoms with Gasteiger partial charge in [-0.1, -0.05) is 37.1 Å². The molecular formula is C32H43FN4O4. The lowest BCUT2D eigenvalue weighted by molar-refractivity contribution is -0.133. The van der Waals surface area contributed by atoms with Crippen molar-refractivity contribution in [3.8, 4) is 5.75 Å². The van der Waals surface area contributed by atoms with Crippen molar-refractivity contribution in [3.63, 3.8) is 0 Å². The normalized spacial score (nSPS) is 23.0. The zero-order valence-electron chi connectivity index (χ0n) is 24.2. The van der Waals surface area contributed by atoms with Crippen LogP contribution in [0.4, 0.5) is 4.39 Å². The second-order valence-electron chi connectivity index (χ2n) is 11.5. The molecule has 2 aromatic carbocycles. The van der Waals surface area contributed by atoms with Crippen molar-refractivity contribution in [2.24, 2.45) is 0 Å². The molecule has 1 heterocycles. The third kappa shape index (κ3) is 9.28. The lowest BCUT2D eigenvalue weighted by atomic mass is 10.0. The summed E-state index contributed by atoms with van der Waals surface area (Å²) >= 11 is 0. The van der Waals surface area contributed by atoms with Crippen LogP contribution in [0.1, 0.15) is 62.5 Å². The second kappa shape index (κ2) is 15.0. The Balaban J connectivity index is 1.57. The molecule has 2 aromatic rings. The molecule has 0 spiro atoms. The van der Waals surface area contributed by atoms with Gasteiger partial charge >= 0.3 is 0 Å². The quantitative estimate of drug-likeness (QED) is 0.497. The molecule has 3 atom stereocenters. The summed E-state index contributed by atoms with van der Waals surface area (Å²) in [5, 5.41) is 9.05. The summed E-state index contributed by atoms with van der Waals surface area (Å²) < 4.78 is 19.4. The summed E-state index contributed by atoms with van der Waals surface area (Å²) in [6.07, 6.45) is 7.17. The number of carbonyl (C=O) groups is 3. The van der Waals surface area contributed by atoms with Crippen molar-refractivity contribution in [1.29, 1.82) is 0 Å². The summed E-state index contributed by atoms with van der Waals surface area (Å²) in [5.41, 5.74) is 1.82. The molecule has 1 aliphatic heterocycles. The summed E-state index contributed by atoms with van der Waals surface area (Å²) in [4.78, 5) is 42.4. The average Bonchev–Trinajstić information content (AvgIpc) is 3.46. The van der Waals surface area contributed by atoms with E-state index in [1.807, 2.05) is 43.3 Å². The number of fused-ring (bicyclic) bond motifs is 2. The highest BCUT2D eigenvalue weighted by molar-refractivity contribution is 5.93. The van der Waals surface area contributed by atoms with Crippen molar-refractivity contribution in [3.05, 3.63) is 65.5 Å². The molecule has 2 bridgehead atoms. The van der Waals surface area contributed by atoms with Crippen LogP contribution in [0.25, 0.3) is 0 Å². The third-order valence-electron chi connectivity index (χ3n) is 8.01. The van der Waals surface area contributed by atoms with E-state index in [2.05, 4.69) is 16.0 Å². The fourth-order valence-corrected chi connectivity index (χ4v) is 5.55. The van der Waals surface area contributed by atoms with Gasteiger partial charge < -0.3 is 20.7 Å². The summed E-state index contributed by atoms with van der Waals surface area (Å²) in [6.45, 7) is 0.492. The number of likely N-dealkylation sites (N-methyl/N-ethyl adjacent to an activating group) is 1. The van der Waals surface area contributed by atoms with Crippen LogP contribution in [0.15, 0.2) is 48.5 Å². The maximum atomic E-state index is 13.7. The number of aryl methyl sites for hydroxylation is 1. The highest BCUT2D eigenvalue weighted by Crippen LogP contribution is 2.19. The summed E-state index contributed by atoms with van der Waals surface area (Å²) in [7, 11) is 3.67. The van der Waals surface area contributed by atoms with Crippen molar-refractivity contribution in [2.45, 2.75) is 88.4 Å². The number of hydrogen-bond donors (Lipinski definition) is 3. The van der Waals surface area contributed by atoms with Crippen LogP contribution in [-0.2, 0) is 27.2 Å². The molecule has 41 heavy (non-hydrogen) atoms. The molecule has 0 aromatic heterocycles.